The zero-order valence-electron chi connectivity index (χ0n) is 9.77. The lowest BCUT2D eigenvalue weighted by atomic mass is 10.0. The molecule has 0 fully saturated rings. The quantitative estimate of drug-likeness (QED) is 0.799. The van der Waals surface area contributed by atoms with E-state index in [-0.39, 0.29) is 0 Å². The zero-order valence-corrected chi connectivity index (χ0v) is 9.77. The topological polar surface area (TPSA) is 43.8 Å². The maximum absolute atomic E-state index is 5.89. The predicted molar refractivity (Wildman–Crippen MR) is 66.3 cm³/mol. The summed E-state index contributed by atoms with van der Waals surface area (Å²) in [6.45, 7) is 5.14. The fourth-order valence-corrected chi connectivity index (χ4v) is 1.86. The molecule has 0 atom stereocenters. The minimum absolute atomic E-state index is 0.845. The van der Waals surface area contributed by atoms with E-state index < -0.39 is 0 Å². The standard InChI is InChI=1S/C13H17N3/c1-3-16-8-7-15-13(16)9-11-5-4-6-12(14)10(11)2/h4-8H,3,9,14H2,1-2H3. The molecule has 0 amide bonds. The first-order chi connectivity index (χ1) is 7.72. The van der Waals surface area contributed by atoms with Crippen molar-refractivity contribution >= 4 is 5.69 Å². The predicted octanol–water partition coefficient (Wildman–Crippen LogP) is 2.38. The SMILES string of the molecule is CCn1ccnc1Cc1cccc(N)c1C. The van der Waals surface area contributed by atoms with Crippen molar-refractivity contribution in [3.8, 4) is 0 Å². The molecule has 1 heterocycles. The van der Waals surface area contributed by atoms with E-state index >= 15 is 0 Å². The molecule has 0 aliphatic rings. The Morgan fingerprint density at radius 1 is 1.38 bits per heavy atom. The molecular weight excluding hydrogens is 198 g/mol. The first kappa shape index (κ1) is 10.7. The van der Waals surface area contributed by atoms with Crippen LogP contribution in [0.1, 0.15) is 23.9 Å². The maximum Gasteiger partial charge on any atom is 0.113 e. The Labute approximate surface area is 95.9 Å². The van der Waals surface area contributed by atoms with Crippen molar-refractivity contribution in [2.24, 2.45) is 0 Å². The average Bonchev–Trinajstić information content (AvgIpc) is 2.72. The van der Waals surface area contributed by atoms with Gasteiger partial charge in [-0.3, -0.25) is 0 Å². The van der Waals surface area contributed by atoms with Crippen LogP contribution in [0.15, 0.2) is 30.6 Å². The lowest BCUT2D eigenvalue weighted by Crippen LogP contribution is -2.04. The van der Waals surface area contributed by atoms with Gasteiger partial charge >= 0.3 is 0 Å². The number of aryl methyl sites for hydroxylation is 1. The van der Waals surface area contributed by atoms with Crippen molar-refractivity contribution in [3.63, 3.8) is 0 Å². The highest BCUT2D eigenvalue weighted by atomic mass is 15.0. The lowest BCUT2D eigenvalue weighted by Gasteiger charge is -2.09. The van der Waals surface area contributed by atoms with Gasteiger partial charge in [-0.2, -0.15) is 0 Å². The Morgan fingerprint density at radius 3 is 2.94 bits per heavy atom. The molecule has 0 saturated heterocycles. The van der Waals surface area contributed by atoms with Gasteiger partial charge < -0.3 is 10.3 Å². The highest BCUT2D eigenvalue weighted by molar-refractivity contribution is 5.50. The van der Waals surface area contributed by atoms with E-state index in [1.165, 1.54) is 5.56 Å². The van der Waals surface area contributed by atoms with Crippen molar-refractivity contribution in [2.75, 3.05) is 5.73 Å². The molecule has 0 spiro atoms. The Morgan fingerprint density at radius 2 is 2.19 bits per heavy atom. The number of hydrogen-bond donors (Lipinski definition) is 1. The van der Waals surface area contributed by atoms with Gasteiger partial charge in [-0.15, -0.1) is 0 Å². The van der Waals surface area contributed by atoms with Crippen molar-refractivity contribution in [3.05, 3.63) is 47.5 Å². The van der Waals surface area contributed by atoms with Crippen LogP contribution < -0.4 is 5.73 Å². The number of nitrogen functional groups attached to an aromatic ring is 1. The van der Waals surface area contributed by atoms with Crippen LogP contribution in [0.2, 0.25) is 0 Å². The largest absolute Gasteiger partial charge is 0.399 e. The molecule has 0 unspecified atom stereocenters. The molecule has 2 aromatic rings. The third kappa shape index (κ3) is 1.94. The van der Waals surface area contributed by atoms with Crippen LogP contribution in [0.25, 0.3) is 0 Å². The Hall–Kier alpha value is -1.77. The van der Waals surface area contributed by atoms with E-state index in [9.17, 15) is 0 Å². The average molecular weight is 215 g/mol. The molecule has 0 aliphatic heterocycles. The summed E-state index contributed by atoms with van der Waals surface area (Å²) >= 11 is 0. The fraction of sp³-hybridized carbons (Fsp3) is 0.308. The molecule has 3 nitrogen and oxygen atoms in total. The molecule has 0 bridgehead atoms. The van der Waals surface area contributed by atoms with Gasteiger partial charge in [0.2, 0.25) is 0 Å². The van der Waals surface area contributed by atoms with Gasteiger partial charge in [-0.25, -0.2) is 4.98 Å². The summed E-state index contributed by atoms with van der Waals surface area (Å²) in [4.78, 5) is 4.38. The van der Waals surface area contributed by atoms with Gasteiger partial charge in [-0.1, -0.05) is 12.1 Å². The minimum Gasteiger partial charge on any atom is -0.399 e. The second kappa shape index (κ2) is 4.39. The van der Waals surface area contributed by atoms with Crippen molar-refractivity contribution < 1.29 is 0 Å². The number of benzene rings is 1. The molecule has 16 heavy (non-hydrogen) atoms. The molecule has 0 aliphatic carbocycles. The van der Waals surface area contributed by atoms with E-state index in [0.29, 0.717) is 0 Å². The fourth-order valence-electron chi connectivity index (χ4n) is 1.86. The monoisotopic (exact) mass is 215 g/mol. The molecule has 84 valence electrons. The van der Waals surface area contributed by atoms with Gasteiger partial charge in [0.25, 0.3) is 0 Å². The highest BCUT2D eigenvalue weighted by Gasteiger charge is 2.06. The van der Waals surface area contributed by atoms with Crippen LogP contribution in [-0.4, -0.2) is 9.55 Å². The number of rotatable bonds is 3. The van der Waals surface area contributed by atoms with E-state index in [4.69, 9.17) is 5.73 Å². The van der Waals surface area contributed by atoms with Gasteiger partial charge in [-0.05, 0) is 31.0 Å². The van der Waals surface area contributed by atoms with E-state index in [2.05, 4.69) is 29.5 Å². The number of nitrogens with zero attached hydrogens (tertiary/aromatic N) is 2. The third-order valence-electron chi connectivity index (χ3n) is 2.98. The van der Waals surface area contributed by atoms with Crippen molar-refractivity contribution in [1.82, 2.24) is 9.55 Å². The van der Waals surface area contributed by atoms with Crippen LogP contribution in [-0.2, 0) is 13.0 Å². The van der Waals surface area contributed by atoms with Crippen LogP contribution >= 0.6 is 0 Å². The molecule has 0 radical (unpaired) electrons. The second-order valence-corrected chi connectivity index (χ2v) is 3.94. The van der Waals surface area contributed by atoms with Crippen LogP contribution in [0.4, 0.5) is 5.69 Å². The third-order valence-corrected chi connectivity index (χ3v) is 2.98. The smallest absolute Gasteiger partial charge is 0.113 e. The molecule has 1 aromatic carbocycles. The molecule has 2 N–H and O–H groups in total. The van der Waals surface area contributed by atoms with E-state index in [1.807, 2.05) is 24.5 Å². The highest BCUT2D eigenvalue weighted by Crippen LogP contribution is 2.18. The number of nitrogens with two attached hydrogens (primary N) is 1. The molecule has 0 saturated carbocycles. The summed E-state index contributed by atoms with van der Waals surface area (Å²) in [5, 5.41) is 0. The van der Waals surface area contributed by atoms with Crippen molar-refractivity contribution in [1.29, 1.82) is 0 Å². The van der Waals surface area contributed by atoms with E-state index in [1.54, 1.807) is 0 Å². The summed E-state index contributed by atoms with van der Waals surface area (Å²) in [5.41, 5.74) is 9.16. The number of anilines is 1. The van der Waals surface area contributed by atoms with Gasteiger partial charge in [0.05, 0.1) is 0 Å². The normalized spacial score (nSPS) is 10.6. The van der Waals surface area contributed by atoms with Crippen molar-refractivity contribution in [2.45, 2.75) is 26.8 Å². The zero-order chi connectivity index (χ0) is 11.5. The number of hydrogen-bond acceptors (Lipinski definition) is 2. The molecule has 2 rings (SSSR count). The van der Waals surface area contributed by atoms with E-state index in [0.717, 1.165) is 30.0 Å². The summed E-state index contributed by atoms with van der Waals surface area (Å²) in [5.74, 6) is 1.09. The number of imidazole rings is 1. The first-order valence-corrected chi connectivity index (χ1v) is 5.56. The molecule has 1 aromatic heterocycles. The molecule has 3 heteroatoms. The van der Waals surface area contributed by atoms with Gasteiger partial charge in [0.15, 0.2) is 0 Å². The maximum atomic E-state index is 5.89. The second-order valence-electron chi connectivity index (χ2n) is 3.94. The summed E-state index contributed by atoms with van der Waals surface area (Å²) < 4.78 is 2.16. The lowest BCUT2D eigenvalue weighted by molar-refractivity contribution is 0.711. The number of aromatic nitrogens is 2. The van der Waals surface area contributed by atoms with Crippen LogP contribution in [0, 0.1) is 6.92 Å². The Bertz CT molecular complexity index is 486. The Kier molecular flexibility index (Phi) is 2.95. The van der Waals surface area contributed by atoms with Crippen LogP contribution in [0.5, 0.6) is 0 Å². The Balaban J connectivity index is 2.30. The summed E-state index contributed by atoms with van der Waals surface area (Å²) in [6.07, 6.45) is 4.70. The van der Waals surface area contributed by atoms with Gasteiger partial charge in [0.1, 0.15) is 5.82 Å². The molecular formula is C13H17N3. The van der Waals surface area contributed by atoms with Crippen LogP contribution in [0.3, 0.4) is 0 Å². The van der Waals surface area contributed by atoms with Gasteiger partial charge in [0, 0.05) is 31.0 Å². The minimum atomic E-state index is 0.845. The summed E-state index contributed by atoms with van der Waals surface area (Å²) in [6, 6.07) is 6.04. The summed E-state index contributed by atoms with van der Waals surface area (Å²) in [7, 11) is 0. The first-order valence-electron chi connectivity index (χ1n) is 5.56.